The molecule has 0 aliphatic rings. The van der Waals surface area contributed by atoms with Crippen molar-refractivity contribution in [3.63, 3.8) is 0 Å². The molecule has 0 amide bonds. The summed E-state index contributed by atoms with van der Waals surface area (Å²) in [4.78, 5) is 31.3. The maximum absolute atomic E-state index is 10.4. The van der Waals surface area contributed by atoms with Crippen molar-refractivity contribution in [3.05, 3.63) is 0 Å². The Morgan fingerprint density at radius 3 is 0.806 bits per heavy atom. The van der Waals surface area contributed by atoms with E-state index >= 15 is 0 Å². The van der Waals surface area contributed by atoms with Crippen LogP contribution in [0.3, 0.4) is 0 Å². The minimum Gasteiger partial charge on any atom is -0.481 e. The summed E-state index contributed by atoms with van der Waals surface area (Å²) in [6.07, 6.45) is 11.1. The molecule has 1 radical (unpaired) electrons. The van der Waals surface area contributed by atoms with E-state index in [1.54, 1.807) is 0 Å². The Bertz CT molecular complexity index is 366. The zero-order chi connectivity index (χ0) is 23.9. The Kier molecular flexibility index (Phi) is 32.9. The van der Waals surface area contributed by atoms with Crippen LogP contribution in [0.25, 0.3) is 0 Å². The third-order valence-corrected chi connectivity index (χ3v) is 5.24. The van der Waals surface area contributed by atoms with Crippen molar-refractivity contribution in [2.24, 2.45) is 17.8 Å². The molecule has 0 saturated carbocycles. The van der Waals surface area contributed by atoms with Gasteiger partial charge in [0.05, 0.1) is 17.8 Å². The van der Waals surface area contributed by atoms with Crippen molar-refractivity contribution in [1.82, 2.24) is 0 Å². The van der Waals surface area contributed by atoms with Crippen molar-refractivity contribution in [3.8, 4) is 0 Å². The van der Waals surface area contributed by atoms with Crippen LogP contribution in [-0.2, 0) is 36.8 Å². The van der Waals surface area contributed by atoms with E-state index in [0.29, 0.717) is 0 Å². The summed E-state index contributed by atoms with van der Waals surface area (Å²) in [5.74, 6) is -2.26. The normalized spacial score (nSPS) is 12.6. The third kappa shape index (κ3) is 25.3. The number of hydrogen-bond acceptors (Lipinski definition) is 3. The molecule has 0 fully saturated rings. The average molecular weight is 630 g/mol. The predicted octanol–water partition coefficient (Wildman–Crippen LogP) is 6.86. The first-order valence-corrected chi connectivity index (χ1v) is 11.8. The van der Waals surface area contributed by atoms with Gasteiger partial charge in [-0.3, -0.25) is 14.4 Å². The van der Waals surface area contributed by atoms with Crippen molar-refractivity contribution >= 4 is 17.9 Å². The third-order valence-electron chi connectivity index (χ3n) is 5.24. The average Bonchev–Trinajstić information content (AvgIpc) is 2.70. The van der Waals surface area contributed by atoms with Gasteiger partial charge in [-0.1, -0.05) is 80.1 Å². The van der Waals surface area contributed by atoms with Gasteiger partial charge < -0.3 is 15.3 Å². The molecule has 0 heterocycles. The summed E-state index contributed by atoms with van der Waals surface area (Å²) in [5, 5.41) is 25.8. The fraction of sp³-hybridized carbons (Fsp3) is 0.875. The van der Waals surface area contributed by atoms with Gasteiger partial charge >= 0.3 is 17.9 Å². The summed E-state index contributed by atoms with van der Waals surface area (Å²) >= 11 is 0. The van der Waals surface area contributed by atoms with Gasteiger partial charge in [0.1, 0.15) is 0 Å². The second-order valence-corrected chi connectivity index (χ2v) is 7.76. The van der Waals surface area contributed by atoms with Crippen LogP contribution in [0.2, 0.25) is 0 Å². The van der Waals surface area contributed by atoms with Gasteiger partial charge in [-0.2, -0.15) is 0 Å². The minimum absolute atomic E-state index is 0. The van der Waals surface area contributed by atoms with Crippen LogP contribution in [0.1, 0.15) is 119 Å². The van der Waals surface area contributed by atoms with E-state index in [-0.39, 0.29) is 40.1 Å². The van der Waals surface area contributed by atoms with Gasteiger partial charge in [0.15, 0.2) is 0 Å². The summed E-state index contributed by atoms with van der Waals surface area (Å²) in [5.41, 5.74) is 0. The fourth-order valence-electron chi connectivity index (χ4n) is 2.86. The van der Waals surface area contributed by atoms with E-state index in [1.165, 1.54) is 0 Å². The van der Waals surface area contributed by atoms with Crippen LogP contribution in [0, 0.1) is 17.8 Å². The molecule has 6 nitrogen and oxygen atoms in total. The van der Waals surface area contributed by atoms with Crippen molar-refractivity contribution < 1.29 is 52.1 Å². The topological polar surface area (TPSA) is 112 Å². The van der Waals surface area contributed by atoms with Crippen LogP contribution in [0.15, 0.2) is 0 Å². The number of unbranched alkanes of at least 4 members (excludes halogenated alkanes) is 3. The van der Waals surface area contributed by atoms with Crippen molar-refractivity contribution in [2.45, 2.75) is 119 Å². The van der Waals surface area contributed by atoms with Crippen LogP contribution < -0.4 is 0 Å². The predicted molar refractivity (Wildman–Crippen MR) is 123 cm³/mol. The maximum Gasteiger partial charge on any atom is 0.306 e. The standard InChI is InChI=1S/3C8H16O2.Au/c3*1-3-5-6-7(4-2)8(9)10;/h3*7H,3-6H2,1-2H3,(H,9,10);. The molecular formula is C24H48AuO6. The number of hydrogen-bond donors (Lipinski definition) is 3. The van der Waals surface area contributed by atoms with Crippen molar-refractivity contribution in [2.75, 3.05) is 0 Å². The van der Waals surface area contributed by atoms with Gasteiger partial charge in [0, 0.05) is 22.4 Å². The monoisotopic (exact) mass is 629 g/mol. The number of rotatable bonds is 15. The van der Waals surface area contributed by atoms with Gasteiger partial charge in [0.2, 0.25) is 0 Å². The van der Waals surface area contributed by atoms with Crippen LogP contribution >= 0.6 is 0 Å². The molecule has 3 atom stereocenters. The SMILES string of the molecule is CCCCC(CC)C(=O)O.CCCCC(CC)C(=O)O.CCCCC(CC)C(=O)O.[Au]. The first-order chi connectivity index (χ1) is 14.2. The van der Waals surface area contributed by atoms with Crippen LogP contribution in [0.5, 0.6) is 0 Å². The quantitative estimate of drug-likeness (QED) is 0.171. The molecule has 0 aliphatic heterocycles. The second-order valence-electron chi connectivity index (χ2n) is 7.76. The van der Waals surface area contributed by atoms with E-state index in [0.717, 1.165) is 77.0 Å². The Labute approximate surface area is 206 Å². The first-order valence-electron chi connectivity index (χ1n) is 11.8. The van der Waals surface area contributed by atoms with E-state index in [4.69, 9.17) is 15.3 Å². The minimum atomic E-state index is -0.643. The van der Waals surface area contributed by atoms with E-state index < -0.39 is 17.9 Å². The maximum atomic E-state index is 10.4. The molecule has 0 bridgehead atoms. The molecule has 3 unspecified atom stereocenters. The summed E-state index contributed by atoms with van der Waals surface area (Å²) < 4.78 is 0. The number of carbonyl (C=O) groups is 3. The Hall–Kier alpha value is -0.850. The summed E-state index contributed by atoms with van der Waals surface area (Å²) in [6.45, 7) is 12.0. The Morgan fingerprint density at radius 1 is 0.516 bits per heavy atom. The molecule has 0 aromatic heterocycles. The van der Waals surface area contributed by atoms with Gasteiger partial charge in [0.25, 0.3) is 0 Å². The number of carboxylic acids is 3. The number of aliphatic carboxylic acids is 3. The number of carboxylic acid groups (broad SMARTS) is 3. The molecule has 31 heavy (non-hydrogen) atoms. The molecule has 0 aliphatic carbocycles. The smallest absolute Gasteiger partial charge is 0.306 e. The molecule has 191 valence electrons. The van der Waals surface area contributed by atoms with Gasteiger partial charge in [-0.15, -0.1) is 0 Å². The zero-order valence-electron chi connectivity index (χ0n) is 20.6. The van der Waals surface area contributed by atoms with E-state index in [9.17, 15) is 14.4 Å². The fourth-order valence-corrected chi connectivity index (χ4v) is 2.86. The van der Waals surface area contributed by atoms with Crippen LogP contribution in [-0.4, -0.2) is 33.2 Å². The van der Waals surface area contributed by atoms with E-state index in [1.807, 2.05) is 20.8 Å². The largest absolute Gasteiger partial charge is 0.481 e. The molecule has 0 rings (SSSR count). The van der Waals surface area contributed by atoms with Gasteiger partial charge in [-0.05, 0) is 38.5 Å². The van der Waals surface area contributed by atoms with Crippen molar-refractivity contribution in [1.29, 1.82) is 0 Å². The van der Waals surface area contributed by atoms with Crippen LogP contribution in [0.4, 0.5) is 0 Å². The summed E-state index contributed by atoms with van der Waals surface area (Å²) in [6, 6.07) is 0. The Balaban J connectivity index is -0.000000174. The zero-order valence-corrected chi connectivity index (χ0v) is 22.8. The first kappa shape index (κ1) is 37.5. The Morgan fingerprint density at radius 2 is 0.710 bits per heavy atom. The summed E-state index contributed by atoms with van der Waals surface area (Å²) in [7, 11) is 0. The molecule has 0 aromatic carbocycles. The molecule has 3 N–H and O–H groups in total. The second kappa shape index (κ2) is 27.2. The molecular weight excluding hydrogens is 581 g/mol. The van der Waals surface area contributed by atoms with Gasteiger partial charge in [-0.25, -0.2) is 0 Å². The molecule has 0 aromatic rings. The molecule has 0 spiro atoms. The molecule has 7 heteroatoms. The molecule has 0 saturated heterocycles. The van der Waals surface area contributed by atoms with E-state index in [2.05, 4.69) is 20.8 Å².